The molecule has 0 aliphatic carbocycles. The number of benzene rings is 1. The van der Waals surface area contributed by atoms with Gasteiger partial charge in [-0.25, -0.2) is 9.78 Å². The highest BCUT2D eigenvalue weighted by molar-refractivity contribution is 6.33. The van der Waals surface area contributed by atoms with Gasteiger partial charge < -0.3 is 18.9 Å². The van der Waals surface area contributed by atoms with E-state index in [0.29, 0.717) is 30.4 Å². The number of halogens is 1. The van der Waals surface area contributed by atoms with Crippen molar-refractivity contribution in [1.82, 2.24) is 14.5 Å². The van der Waals surface area contributed by atoms with E-state index in [-0.39, 0.29) is 12.6 Å². The fourth-order valence-corrected chi connectivity index (χ4v) is 3.33. The predicted octanol–water partition coefficient (Wildman–Crippen LogP) is 3.67. The molecule has 1 aliphatic heterocycles. The number of esters is 1. The normalized spacial score (nSPS) is 13.8. The third-order valence-corrected chi connectivity index (χ3v) is 4.73. The number of amides is 1. The minimum atomic E-state index is -0.577. The molecule has 0 saturated heterocycles. The first kappa shape index (κ1) is 20.2. The summed E-state index contributed by atoms with van der Waals surface area (Å²) in [5, 5.41) is 0.542. The van der Waals surface area contributed by atoms with E-state index >= 15 is 0 Å². The SMILES string of the molecule is COC(=O)Cn1c(-c2ccccc2Cl)nc2c1CN(C(=O)OC(C)(C)C)CC2. The van der Waals surface area contributed by atoms with Crippen LogP contribution in [0.5, 0.6) is 0 Å². The molecule has 1 aliphatic rings. The van der Waals surface area contributed by atoms with Gasteiger partial charge in [-0.05, 0) is 32.9 Å². The topological polar surface area (TPSA) is 73.7 Å². The molecule has 28 heavy (non-hydrogen) atoms. The molecule has 0 unspecified atom stereocenters. The van der Waals surface area contributed by atoms with Crippen LogP contribution in [-0.2, 0) is 33.8 Å². The number of ether oxygens (including phenoxy) is 2. The highest BCUT2D eigenvalue weighted by atomic mass is 35.5. The van der Waals surface area contributed by atoms with Crippen molar-refractivity contribution < 1.29 is 19.1 Å². The van der Waals surface area contributed by atoms with Crippen molar-refractivity contribution in [2.75, 3.05) is 13.7 Å². The third kappa shape index (κ3) is 4.30. The van der Waals surface area contributed by atoms with Crippen LogP contribution >= 0.6 is 11.6 Å². The third-order valence-electron chi connectivity index (χ3n) is 4.40. The number of aromatic nitrogens is 2. The Morgan fingerprint density at radius 1 is 1.25 bits per heavy atom. The second kappa shape index (κ2) is 7.83. The number of carbonyl (C=O) groups is 2. The van der Waals surface area contributed by atoms with Gasteiger partial charge in [0.1, 0.15) is 18.0 Å². The van der Waals surface area contributed by atoms with E-state index in [1.165, 1.54) is 7.11 Å². The first-order valence-electron chi connectivity index (χ1n) is 9.07. The Kier molecular flexibility index (Phi) is 5.65. The summed E-state index contributed by atoms with van der Waals surface area (Å²) < 4.78 is 12.1. The van der Waals surface area contributed by atoms with E-state index in [4.69, 9.17) is 26.1 Å². The van der Waals surface area contributed by atoms with Crippen LogP contribution in [0.3, 0.4) is 0 Å². The summed E-state index contributed by atoms with van der Waals surface area (Å²) in [6, 6.07) is 7.34. The van der Waals surface area contributed by atoms with Gasteiger partial charge in [-0.2, -0.15) is 0 Å². The predicted molar refractivity (Wildman–Crippen MR) is 105 cm³/mol. The first-order valence-corrected chi connectivity index (χ1v) is 9.45. The maximum absolute atomic E-state index is 12.5. The molecule has 0 bridgehead atoms. The van der Waals surface area contributed by atoms with Crippen LogP contribution in [0, 0.1) is 0 Å². The Bertz CT molecular complexity index is 901. The molecule has 2 heterocycles. The quantitative estimate of drug-likeness (QED) is 0.728. The molecule has 1 aromatic carbocycles. The lowest BCUT2D eigenvalue weighted by Gasteiger charge is -2.30. The molecule has 0 spiro atoms. The van der Waals surface area contributed by atoms with Gasteiger partial charge in [-0.3, -0.25) is 4.79 Å². The number of hydrogen-bond acceptors (Lipinski definition) is 5. The van der Waals surface area contributed by atoms with E-state index in [1.54, 1.807) is 15.5 Å². The summed E-state index contributed by atoms with van der Waals surface area (Å²) in [6.45, 7) is 6.28. The smallest absolute Gasteiger partial charge is 0.410 e. The van der Waals surface area contributed by atoms with Crippen molar-refractivity contribution in [3.8, 4) is 11.4 Å². The van der Waals surface area contributed by atoms with Crippen LogP contribution in [0.4, 0.5) is 4.79 Å². The molecule has 1 amide bonds. The molecule has 7 nitrogen and oxygen atoms in total. The van der Waals surface area contributed by atoms with Crippen molar-refractivity contribution in [2.45, 2.75) is 45.9 Å². The Morgan fingerprint density at radius 3 is 2.61 bits per heavy atom. The fourth-order valence-electron chi connectivity index (χ4n) is 3.11. The highest BCUT2D eigenvalue weighted by Crippen LogP contribution is 2.31. The van der Waals surface area contributed by atoms with Crippen LogP contribution in [0.2, 0.25) is 5.02 Å². The van der Waals surface area contributed by atoms with Crippen molar-refractivity contribution in [3.63, 3.8) is 0 Å². The molecular weight excluding hydrogens is 382 g/mol. The zero-order valence-corrected chi connectivity index (χ0v) is 17.2. The Labute approximate surface area is 169 Å². The van der Waals surface area contributed by atoms with E-state index in [1.807, 2.05) is 39.0 Å². The summed E-state index contributed by atoms with van der Waals surface area (Å²) in [4.78, 5) is 30.9. The molecule has 0 fully saturated rings. The maximum Gasteiger partial charge on any atom is 0.410 e. The molecular formula is C20H24ClN3O4. The van der Waals surface area contributed by atoms with Crippen LogP contribution in [0.1, 0.15) is 32.2 Å². The van der Waals surface area contributed by atoms with Gasteiger partial charge in [-0.1, -0.05) is 23.7 Å². The molecule has 3 rings (SSSR count). The lowest BCUT2D eigenvalue weighted by atomic mass is 10.1. The molecule has 0 N–H and O–H groups in total. The second-order valence-corrected chi connectivity index (χ2v) is 8.03. The van der Waals surface area contributed by atoms with E-state index < -0.39 is 11.6 Å². The maximum atomic E-state index is 12.5. The van der Waals surface area contributed by atoms with Crippen LogP contribution in [0.15, 0.2) is 24.3 Å². The average Bonchev–Trinajstić information content (AvgIpc) is 2.98. The van der Waals surface area contributed by atoms with Gasteiger partial charge in [0.25, 0.3) is 0 Å². The van der Waals surface area contributed by atoms with E-state index in [9.17, 15) is 9.59 Å². The van der Waals surface area contributed by atoms with Crippen molar-refractivity contribution in [3.05, 3.63) is 40.7 Å². The summed E-state index contributed by atoms with van der Waals surface area (Å²) in [5.74, 6) is 0.190. The first-order chi connectivity index (χ1) is 13.2. The molecule has 1 aromatic heterocycles. The zero-order chi connectivity index (χ0) is 20.5. The van der Waals surface area contributed by atoms with Gasteiger partial charge in [-0.15, -0.1) is 0 Å². The molecule has 0 saturated carbocycles. The van der Waals surface area contributed by atoms with Gasteiger partial charge in [0.15, 0.2) is 0 Å². The Morgan fingerprint density at radius 2 is 1.96 bits per heavy atom. The molecule has 2 aromatic rings. The van der Waals surface area contributed by atoms with Crippen LogP contribution in [-0.4, -0.2) is 45.8 Å². The van der Waals surface area contributed by atoms with Crippen LogP contribution < -0.4 is 0 Å². The minimum Gasteiger partial charge on any atom is -0.468 e. The van der Waals surface area contributed by atoms with Crippen molar-refractivity contribution in [2.24, 2.45) is 0 Å². The van der Waals surface area contributed by atoms with Crippen molar-refractivity contribution >= 4 is 23.7 Å². The van der Waals surface area contributed by atoms with Gasteiger partial charge >= 0.3 is 12.1 Å². The molecule has 8 heteroatoms. The van der Waals surface area contributed by atoms with Crippen LogP contribution in [0.25, 0.3) is 11.4 Å². The molecule has 0 radical (unpaired) electrons. The largest absolute Gasteiger partial charge is 0.468 e. The van der Waals surface area contributed by atoms with E-state index in [0.717, 1.165) is 17.0 Å². The number of methoxy groups -OCH3 is 1. The van der Waals surface area contributed by atoms with Gasteiger partial charge in [0.05, 0.1) is 30.1 Å². The number of hydrogen-bond donors (Lipinski definition) is 0. The van der Waals surface area contributed by atoms with Gasteiger partial charge in [0, 0.05) is 18.5 Å². The van der Waals surface area contributed by atoms with Gasteiger partial charge in [0.2, 0.25) is 0 Å². The molecule has 0 atom stereocenters. The Hall–Kier alpha value is -2.54. The number of imidazole rings is 1. The molecule has 150 valence electrons. The average molecular weight is 406 g/mol. The van der Waals surface area contributed by atoms with E-state index in [2.05, 4.69) is 0 Å². The minimum absolute atomic E-state index is 0.0124. The fraction of sp³-hybridized carbons (Fsp3) is 0.450. The highest BCUT2D eigenvalue weighted by Gasteiger charge is 2.31. The second-order valence-electron chi connectivity index (χ2n) is 7.62. The lowest BCUT2D eigenvalue weighted by Crippen LogP contribution is -2.40. The number of fused-ring (bicyclic) bond motifs is 1. The monoisotopic (exact) mass is 405 g/mol. The summed E-state index contributed by atoms with van der Waals surface area (Å²) >= 11 is 6.36. The lowest BCUT2D eigenvalue weighted by molar-refractivity contribution is -0.141. The standard InChI is InChI=1S/C20H24ClN3O4/c1-20(2,3)28-19(26)23-10-9-15-16(11-23)24(12-17(25)27-4)18(22-15)13-7-5-6-8-14(13)21/h5-8H,9-12H2,1-4H3. The zero-order valence-electron chi connectivity index (χ0n) is 16.5. The Balaban J connectivity index is 1.99. The number of nitrogens with zero attached hydrogens (tertiary/aromatic N) is 3. The summed E-state index contributed by atoms with van der Waals surface area (Å²) in [6.07, 6.45) is 0.184. The summed E-state index contributed by atoms with van der Waals surface area (Å²) in [7, 11) is 1.34. The number of rotatable bonds is 3. The number of carbonyl (C=O) groups excluding carboxylic acids is 2. The van der Waals surface area contributed by atoms with Crippen molar-refractivity contribution in [1.29, 1.82) is 0 Å². The summed E-state index contributed by atoms with van der Waals surface area (Å²) in [5.41, 5.74) is 1.79.